The summed E-state index contributed by atoms with van der Waals surface area (Å²) in [6.07, 6.45) is 0.323. The van der Waals surface area contributed by atoms with Gasteiger partial charge >= 0.3 is 0 Å². The van der Waals surface area contributed by atoms with Crippen LogP contribution in [0.2, 0.25) is 0 Å². The summed E-state index contributed by atoms with van der Waals surface area (Å²) in [5, 5.41) is 0. The van der Waals surface area contributed by atoms with E-state index in [-0.39, 0.29) is 24.1 Å². The summed E-state index contributed by atoms with van der Waals surface area (Å²) in [5.41, 5.74) is 6.53. The fourth-order valence-corrected chi connectivity index (χ4v) is 2.69. The third-order valence-electron chi connectivity index (χ3n) is 3.38. The molecule has 1 aliphatic rings. The van der Waals surface area contributed by atoms with Gasteiger partial charge in [0.05, 0.1) is 18.2 Å². The van der Waals surface area contributed by atoms with Crippen molar-refractivity contribution in [3.63, 3.8) is 0 Å². The van der Waals surface area contributed by atoms with Gasteiger partial charge in [-0.15, -0.1) is 0 Å². The van der Waals surface area contributed by atoms with Crippen LogP contribution in [0.25, 0.3) is 0 Å². The lowest BCUT2D eigenvalue weighted by Crippen LogP contribution is -2.48. The summed E-state index contributed by atoms with van der Waals surface area (Å²) in [6, 6.07) is 6.80. The lowest BCUT2D eigenvalue weighted by molar-refractivity contribution is -0.0802. The van der Waals surface area contributed by atoms with Crippen LogP contribution in [-0.2, 0) is 4.74 Å². The predicted octanol–water partition coefficient (Wildman–Crippen LogP) is 1.93. The van der Waals surface area contributed by atoms with Crippen LogP contribution >= 0.6 is 0 Å². The van der Waals surface area contributed by atoms with Crippen LogP contribution in [0, 0.1) is 5.82 Å². The van der Waals surface area contributed by atoms with Crippen LogP contribution in [0.5, 0.6) is 0 Å². The van der Waals surface area contributed by atoms with Crippen LogP contribution in [-0.4, -0.2) is 36.7 Å². The van der Waals surface area contributed by atoms with Gasteiger partial charge in [0, 0.05) is 25.2 Å². The highest BCUT2D eigenvalue weighted by Gasteiger charge is 2.29. The van der Waals surface area contributed by atoms with E-state index in [0.717, 1.165) is 13.1 Å². The van der Waals surface area contributed by atoms with Gasteiger partial charge in [-0.2, -0.15) is 0 Å². The van der Waals surface area contributed by atoms with Crippen LogP contribution in [0.1, 0.15) is 25.5 Å². The number of morpholine rings is 1. The first kappa shape index (κ1) is 13.5. The van der Waals surface area contributed by atoms with Crippen LogP contribution in [0.3, 0.4) is 0 Å². The molecule has 2 N–H and O–H groups in total. The number of nitrogens with two attached hydrogens (primary N) is 1. The minimum absolute atomic E-state index is 0.0694. The molecule has 0 aliphatic carbocycles. The molecule has 3 nitrogen and oxygen atoms in total. The van der Waals surface area contributed by atoms with Crippen LogP contribution in [0.4, 0.5) is 4.39 Å². The summed E-state index contributed by atoms with van der Waals surface area (Å²) < 4.78 is 19.6. The molecule has 0 radical (unpaired) electrons. The average molecular weight is 252 g/mol. The van der Waals surface area contributed by atoms with Gasteiger partial charge in [-0.25, -0.2) is 4.39 Å². The molecule has 0 saturated carbocycles. The molecule has 1 aromatic rings. The van der Waals surface area contributed by atoms with E-state index >= 15 is 0 Å². The number of benzene rings is 1. The monoisotopic (exact) mass is 252 g/mol. The number of hydrogen-bond acceptors (Lipinski definition) is 3. The molecule has 0 unspecified atom stereocenters. The third-order valence-corrected chi connectivity index (χ3v) is 3.38. The summed E-state index contributed by atoms with van der Waals surface area (Å²) in [5.74, 6) is -0.181. The zero-order valence-electron chi connectivity index (χ0n) is 11.0. The number of halogens is 1. The fraction of sp³-hybridized carbons (Fsp3) is 0.571. The molecule has 0 spiro atoms. The van der Waals surface area contributed by atoms with Crippen molar-refractivity contribution in [3.8, 4) is 0 Å². The van der Waals surface area contributed by atoms with E-state index < -0.39 is 0 Å². The van der Waals surface area contributed by atoms with Gasteiger partial charge in [-0.05, 0) is 19.9 Å². The zero-order chi connectivity index (χ0) is 13.1. The Hall–Kier alpha value is -0.970. The van der Waals surface area contributed by atoms with Crippen molar-refractivity contribution in [1.29, 1.82) is 0 Å². The normalized spacial score (nSPS) is 27.1. The molecule has 0 amide bonds. The highest BCUT2D eigenvalue weighted by atomic mass is 19.1. The highest BCUT2D eigenvalue weighted by Crippen LogP contribution is 2.25. The highest BCUT2D eigenvalue weighted by molar-refractivity contribution is 5.22. The van der Waals surface area contributed by atoms with Crippen molar-refractivity contribution in [2.45, 2.75) is 32.1 Å². The molecule has 0 bridgehead atoms. The van der Waals surface area contributed by atoms with E-state index in [4.69, 9.17) is 10.5 Å². The van der Waals surface area contributed by atoms with Gasteiger partial charge in [-0.1, -0.05) is 18.2 Å². The average Bonchev–Trinajstić information content (AvgIpc) is 2.31. The molecule has 0 aromatic heterocycles. The van der Waals surface area contributed by atoms with Gasteiger partial charge in [0.2, 0.25) is 0 Å². The maximum Gasteiger partial charge on any atom is 0.128 e. The first-order chi connectivity index (χ1) is 8.61. The molecule has 1 heterocycles. The second-order valence-corrected chi connectivity index (χ2v) is 4.98. The molecule has 1 fully saturated rings. The van der Waals surface area contributed by atoms with Crippen LogP contribution in [0.15, 0.2) is 24.3 Å². The smallest absolute Gasteiger partial charge is 0.128 e. The first-order valence-corrected chi connectivity index (χ1v) is 6.45. The minimum atomic E-state index is -0.181. The molecule has 18 heavy (non-hydrogen) atoms. The zero-order valence-corrected chi connectivity index (χ0v) is 11.0. The SMILES string of the molecule is C[C@@H]1CN([C@H](CN)c2ccccc2F)C[C@@H](C)O1. The van der Waals surface area contributed by atoms with E-state index in [1.807, 2.05) is 26.0 Å². The van der Waals surface area contributed by atoms with Crippen LogP contribution < -0.4 is 5.73 Å². The minimum Gasteiger partial charge on any atom is -0.373 e. The molecular formula is C14H21FN2O. The quantitative estimate of drug-likeness (QED) is 0.893. The molecular weight excluding hydrogens is 231 g/mol. The summed E-state index contributed by atoms with van der Waals surface area (Å²) in [4.78, 5) is 2.22. The number of hydrogen-bond donors (Lipinski definition) is 1. The molecule has 3 atom stereocenters. The lowest BCUT2D eigenvalue weighted by Gasteiger charge is -2.40. The predicted molar refractivity (Wildman–Crippen MR) is 69.8 cm³/mol. The van der Waals surface area contributed by atoms with Crippen molar-refractivity contribution in [2.24, 2.45) is 5.73 Å². The van der Waals surface area contributed by atoms with Gasteiger partial charge in [0.15, 0.2) is 0 Å². The Balaban J connectivity index is 2.20. The van der Waals surface area contributed by atoms with Crippen molar-refractivity contribution in [2.75, 3.05) is 19.6 Å². The van der Waals surface area contributed by atoms with Crippen molar-refractivity contribution < 1.29 is 9.13 Å². The lowest BCUT2D eigenvalue weighted by atomic mass is 10.0. The summed E-state index contributed by atoms with van der Waals surface area (Å²) in [7, 11) is 0. The van der Waals surface area contributed by atoms with E-state index in [9.17, 15) is 4.39 Å². The van der Waals surface area contributed by atoms with E-state index in [1.165, 1.54) is 6.07 Å². The Morgan fingerprint density at radius 3 is 2.50 bits per heavy atom. The third kappa shape index (κ3) is 2.88. The number of nitrogens with zero attached hydrogens (tertiary/aromatic N) is 1. The summed E-state index contributed by atoms with van der Waals surface area (Å²) >= 11 is 0. The Morgan fingerprint density at radius 1 is 1.33 bits per heavy atom. The maximum absolute atomic E-state index is 13.9. The second kappa shape index (κ2) is 5.78. The Morgan fingerprint density at radius 2 is 1.94 bits per heavy atom. The topological polar surface area (TPSA) is 38.5 Å². The maximum atomic E-state index is 13.9. The van der Waals surface area contributed by atoms with Gasteiger partial charge in [0.1, 0.15) is 5.82 Å². The molecule has 1 aromatic carbocycles. The number of ether oxygens (including phenoxy) is 1. The van der Waals surface area contributed by atoms with Gasteiger partial charge in [0.25, 0.3) is 0 Å². The molecule has 1 saturated heterocycles. The number of rotatable bonds is 3. The molecule has 4 heteroatoms. The Labute approximate surface area is 108 Å². The molecule has 1 aliphatic heterocycles. The largest absolute Gasteiger partial charge is 0.373 e. The van der Waals surface area contributed by atoms with E-state index in [1.54, 1.807) is 6.07 Å². The molecule has 100 valence electrons. The Kier molecular flexibility index (Phi) is 4.32. The van der Waals surface area contributed by atoms with Gasteiger partial charge < -0.3 is 10.5 Å². The second-order valence-electron chi connectivity index (χ2n) is 4.98. The van der Waals surface area contributed by atoms with Crippen molar-refractivity contribution in [1.82, 2.24) is 4.90 Å². The van der Waals surface area contributed by atoms with Gasteiger partial charge in [-0.3, -0.25) is 4.90 Å². The molecule has 2 rings (SSSR count). The summed E-state index contributed by atoms with van der Waals surface area (Å²) in [6.45, 7) is 6.08. The Bertz CT molecular complexity index is 389. The van der Waals surface area contributed by atoms with E-state index in [2.05, 4.69) is 4.90 Å². The fourth-order valence-electron chi connectivity index (χ4n) is 2.69. The van der Waals surface area contributed by atoms with E-state index in [0.29, 0.717) is 12.1 Å². The standard InChI is InChI=1S/C14H21FN2O/c1-10-8-17(9-11(2)18-10)14(7-16)12-5-3-4-6-13(12)15/h3-6,10-11,14H,7-9,16H2,1-2H3/t10-,11-,14-/m1/s1. The first-order valence-electron chi connectivity index (χ1n) is 6.45. The van der Waals surface area contributed by atoms with Crippen molar-refractivity contribution in [3.05, 3.63) is 35.6 Å². The van der Waals surface area contributed by atoms with Crippen molar-refractivity contribution >= 4 is 0 Å².